The quantitative estimate of drug-likeness (QED) is 0.854. The van der Waals surface area contributed by atoms with E-state index >= 15 is 0 Å². The minimum atomic E-state index is -0.855. The Morgan fingerprint density at radius 3 is 2.29 bits per heavy atom. The lowest BCUT2D eigenvalue weighted by atomic mass is 10.1. The Kier molecular flexibility index (Phi) is 7.14. The molecule has 0 spiro atoms. The number of carboxylic acids is 1. The van der Waals surface area contributed by atoms with Crippen molar-refractivity contribution in [3.8, 4) is 11.5 Å². The maximum atomic E-state index is 10.6. The van der Waals surface area contributed by atoms with E-state index in [2.05, 4.69) is 0 Å². The van der Waals surface area contributed by atoms with Gasteiger partial charge in [-0.2, -0.15) is 0 Å². The zero-order valence-corrected chi connectivity index (χ0v) is 10.8. The molecule has 0 saturated heterocycles. The Labute approximate surface area is 107 Å². The minimum absolute atomic E-state index is 0. The number of rotatable bonds is 6. The van der Waals surface area contributed by atoms with Gasteiger partial charge < -0.3 is 14.6 Å². The molecule has 1 N–H and O–H groups in total. The van der Waals surface area contributed by atoms with Crippen LogP contribution in [0.5, 0.6) is 11.5 Å². The largest absolute Gasteiger partial charge is 0.490 e. The summed E-state index contributed by atoms with van der Waals surface area (Å²) in [6.07, 6.45) is -0.00746. The van der Waals surface area contributed by atoms with E-state index < -0.39 is 5.97 Å². The summed E-state index contributed by atoms with van der Waals surface area (Å²) < 4.78 is 10.8. The predicted molar refractivity (Wildman–Crippen MR) is 67.4 cm³/mol. The number of ether oxygens (including phenoxy) is 2. The van der Waals surface area contributed by atoms with E-state index in [0.29, 0.717) is 30.3 Å². The first-order chi connectivity index (χ1) is 7.67. The molecule has 0 aliphatic carbocycles. The van der Waals surface area contributed by atoms with Crippen LogP contribution in [-0.2, 0) is 11.2 Å². The monoisotopic (exact) mass is 260 g/mol. The van der Waals surface area contributed by atoms with E-state index in [9.17, 15) is 4.79 Å². The highest BCUT2D eigenvalue weighted by Gasteiger charge is 2.08. The number of halogens is 1. The molecule has 5 heteroatoms. The van der Waals surface area contributed by atoms with Crippen LogP contribution in [0.1, 0.15) is 19.4 Å². The molecule has 0 unspecified atom stereocenters. The number of hydrogen-bond donors (Lipinski definition) is 1. The van der Waals surface area contributed by atoms with Crippen LogP contribution in [0.25, 0.3) is 0 Å². The van der Waals surface area contributed by atoms with Crippen molar-refractivity contribution in [3.05, 3.63) is 23.8 Å². The summed E-state index contributed by atoms with van der Waals surface area (Å²) in [6, 6.07) is 5.19. The molecule has 0 amide bonds. The van der Waals surface area contributed by atoms with Crippen LogP contribution in [0.2, 0.25) is 0 Å². The zero-order valence-electron chi connectivity index (χ0n) is 9.93. The number of carbonyl (C=O) groups is 1. The second-order valence-electron chi connectivity index (χ2n) is 3.22. The van der Waals surface area contributed by atoms with Crippen molar-refractivity contribution in [3.63, 3.8) is 0 Å². The van der Waals surface area contributed by atoms with Gasteiger partial charge in [0.15, 0.2) is 11.5 Å². The molecule has 1 aromatic carbocycles. The van der Waals surface area contributed by atoms with Gasteiger partial charge in [-0.1, -0.05) is 6.07 Å². The first kappa shape index (κ1) is 15.6. The summed E-state index contributed by atoms with van der Waals surface area (Å²) in [5, 5.41) is 8.69. The van der Waals surface area contributed by atoms with E-state index in [0.717, 1.165) is 0 Å². The Bertz CT molecular complexity index is 366. The Morgan fingerprint density at radius 2 is 1.76 bits per heavy atom. The molecule has 0 heterocycles. The highest BCUT2D eigenvalue weighted by molar-refractivity contribution is 5.85. The molecule has 0 saturated carbocycles. The van der Waals surface area contributed by atoms with Gasteiger partial charge in [0.05, 0.1) is 19.6 Å². The van der Waals surface area contributed by atoms with Crippen molar-refractivity contribution in [2.45, 2.75) is 20.3 Å². The summed E-state index contributed by atoms with van der Waals surface area (Å²) in [5.74, 6) is 0.396. The fourth-order valence-corrected chi connectivity index (χ4v) is 1.38. The third-order valence-corrected chi connectivity index (χ3v) is 1.96. The average Bonchev–Trinajstić information content (AvgIpc) is 2.21. The maximum absolute atomic E-state index is 10.6. The van der Waals surface area contributed by atoms with Crippen molar-refractivity contribution in [1.29, 1.82) is 0 Å². The molecule has 0 aromatic heterocycles. The second kappa shape index (κ2) is 7.79. The molecule has 0 aliphatic heterocycles. The third kappa shape index (κ3) is 4.95. The second-order valence-corrected chi connectivity index (χ2v) is 3.22. The van der Waals surface area contributed by atoms with Crippen molar-refractivity contribution in [2.24, 2.45) is 0 Å². The SMILES string of the molecule is CCOc1ccc(CC(=O)O)cc1OCC.Cl. The Balaban J connectivity index is 0.00000256. The van der Waals surface area contributed by atoms with Gasteiger partial charge in [0.25, 0.3) is 0 Å². The highest BCUT2D eigenvalue weighted by Crippen LogP contribution is 2.28. The van der Waals surface area contributed by atoms with Crippen LogP contribution < -0.4 is 9.47 Å². The average molecular weight is 261 g/mol. The third-order valence-electron chi connectivity index (χ3n) is 1.96. The van der Waals surface area contributed by atoms with E-state index in [1.807, 2.05) is 13.8 Å². The molecule has 1 rings (SSSR count). The van der Waals surface area contributed by atoms with Crippen LogP contribution in [0.15, 0.2) is 18.2 Å². The molecule has 0 bridgehead atoms. The Morgan fingerprint density at radius 1 is 1.18 bits per heavy atom. The molecule has 0 aliphatic rings. The van der Waals surface area contributed by atoms with Crippen LogP contribution in [-0.4, -0.2) is 24.3 Å². The summed E-state index contributed by atoms with van der Waals surface area (Å²) in [7, 11) is 0. The minimum Gasteiger partial charge on any atom is -0.490 e. The van der Waals surface area contributed by atoms with E-state index in [1.54, 1.807) is 18.2 Å². The van der Waals surface area contributed by atoms with Crippen molar-refractivity contribution in [1.82, 2.24) is 0 Å². The summed E-state index contributed by atoms with van der Waals surface area (Å²) in [6.45, 7) is 4.84. The lowest BCUT2D eigenvalue weighted by Crippen LogP contribution is -2.02. The van der Waals surface area contributed by atoms with Gasteiger partial charge in [-0.3, -0.25) is 4.79 Å². The topological polar surface area (TPSA) is 55.8 Å². The van der Waals surface area contributed by atoms with Crippen LogP contribution >= 0.6 is 12.4 Å². The fourth-order valence-electron chi connectivity index (χ4n) is 1.38. The summed E-state index contributed by atoms with van der Waals surface area (Å²) in [4.78, 5) is 10.6. The van der Waals surface area contributed by atoms with Gasteiger partial charge >= 0.3 is 5.97 Å². The molecule has 0 atom stereocenters. The van der Waals surface area contributed by atoms with Crippen LogP contribution in [0, 0.1) is 0 Å². The predicted octanol–water partition coefficient (Wildman–Crippen LogP) is 2.53. The Hall–Kier alpha value is -1.42. The van der Waals surface area contributed by atoms with Gasteiger partial charge in [0, 0.05) is 0 Å². The van der Waals surface area contributed by atoms with E-state index in [1.165, 1.54) is 0 Å². The molecular weight excluding hydrogens is 244 g/mol. The maximum Gasteiger partial charge on any atom is 0.307 e. The molecule has 17 heavy (non-hydrogen) atoms. The summed E-state index contributed by atoms with van der Waals surface area (Å²) in [5.41, 5.74) is 0.708. The lowest BCUT2D eigenvalue weighted by Gasteiger charge is -2.11. The molecular formula is C12H17ClO4. The van der Waals surface area contributed by atoms with E-state index in [-0.39, 0.29) is 18.8 Å². The van der Waals surface area contributed by atoms with Crippen molar-refractivity contribution >= 4 is 18.4 Å². The zero-order chi connectivity index (χ0) is 12.0. The van der Waals surface area contributed by atoms with Crippen LogP contribution in [0.4, 0.5) is 0 Å². The van der Waals surface area contributed by atoms with Crippen molar-refractivity contribution in [2.75, 3.05) is 13.2 Å². The first-order valence-electron chi connectivity index (χ1n) is 5.27. The molecule has 0 radical (unpaired) electrons. The number of aliphatic carboxylic acids is 1. The smallest absolute Gasteiger partial charge is 0.307 e. The highest BCUT2D eigenvalue weighted by atomic mass is 35.5. The normalized spacial score (nSPS) is 9.29. The number of benzene rings is 1. The van der Waals surface area contributed by atoms with Gasteiger partial charge in [0.1, 0.15) is 0 Å². The van der Waals surface area contributed by atoms with Gasteiger partial charge in [-0.05, 0) is 31.5 Å². The van der Waals surface area contributed by atoms with Gasteiger partial charge in [-0.15, -0.1) is 12.4 Å². The summed E-state index contributed by atoms with van der Waals surface area (Å²) >= 11 is 0. The standard InChI is InChI=1S/C12H16O4.ClH/c1-3-15-10-6-5-9(8-12(13)14)7-11(10)16-4-2;/h5-7H,3-4,8H2,1-2H3,(H,13,14);1H. The van der Waals surface area contributed by atoms with E-state index in [4.69, 9.17) is 14.6 Å². The molecule has 4 nitrogen and oxygen atoms in total. The van der Waals surface area contributed by atoms with Crippen molar-refractivity contribution < 1.29 is 19.4 Å². The number of hydrogen-bond acceptors (Lipinski definition) is 3. The molecule has 96 valence electrons. The fraction of sp³-hybridized carbons (Fsp3) is 0.417. The number of carboxylic acid groups (broad SMARTS) is 1. The first-order valence-corrected chi connectivity index (χ1v) is 5.27. The van der Waals surface area contributed by atoms with Gasteiger partial charge in [-0.25, -0.2) is 0 Å². The lowest BCUT2D eigenvalue weighted by molar-refractivity contribution is -0.136. The molecule has 1 aromatic rings. The molecule has 0 fully saturated rings. The van der Waals surface area contributed by atoms with Gasteiger partial charge in [0.2, 0.25) is 0 Å². The van der Waals surface area contributed by atoms with Crippen LogP contribution in [0.3, 0.4) is 0 Å².